The van der Waals surface area contributed by atoms with Crippen LogP contribution in [0.15, 0.2) is 24.3 Å². The van der Waals surface area contributed by atoms with Crippen molar-refractivity contribution >= 4 is 17.8 Å². The molecule has 1 aromatic carbocycles. The van der Waals surface area contributed by atoms with Crippen molar-refractivity contribution in [3.05, 3.63) is 24.3 Å². The molecule has 0 atom stereocenters. The molecule has 1 heterocycles. The summed E-state index contributed by atoms with van der Waals surface area (Å²) in [7, 11) is 1.80. The Morgan fingerprint density at radius 3 is 2.56 bits per heavy atom. The summed E-state index contributed by atoms with van der Waals surface area (Å²) in [5, 5.41) is 0. The second kappa shape index (κ2) is 5.01. The predicted octanol–water partition coefficient (Wildman–Crippen LogP) is 2.27. The minimum absolute atomic E-state index is 0.864. The van der Waals surface area contributed by atoms with E-state index < -0.39 is 0 Å². The van der Waals surface area contributed by atoms with Crippen LogP contribution < -0.4 is 9.80 Å². The second-order valence-corrected chi connectivity index (χ2v) is 4.25. The number of para-hydroxylation sites is 2. The molecule has 0 radical (unpaired) electrons. The Morgan fingerprint density at radius 1 is 1.19 bits per heavy atom. The molecule has 1 amide bonds. The lowest BCUT2D eigenvalue weighted by atomic mass is 10.1. The van der Waals surface area contributed by atoms with Gasteiger partial charge in [0, 0.05) is 20.1 Å². The number of nitrogens with zero attached hydrogens (tertiary/aromatic N) is 2. The Hall–Kier alpha value is -1.51. The molecule has 0 unspecified atom stereocenters. The van der Waals surface area contributed by atoms with Crippen molar-refractivity contribution in [1.29, 1.82) is 0 Å². The Kier molecular flexibility index (Phi) is 3.44. The molecule has 0 aromatic heterocycles. The maximum atomic E-state index is 10.8. The van der Waals surface area contributed by atoms with Gasteiger partial charge in [0.25, 0.3) is 0 Å². The molecule has 16 heavy (non-hydrogen) atoms. The highest BCUT2D eigenvalue weighted by molar-refractivity contribution is 5.83. The molecule has 1 aromatic rings. The van der Waals surface area contributed by atoms with E-state index in [4.69, 9.17) is 0 Å². The molecule has 0 spiro atoms. The fraction of sp³-hybridized carbons (Fsp3) is 0.462. The van der Waals surface area contributed by atoms with Gasteiger partial charge >= 0.3 is 0 Å². The van der Waals surface area contributed by atoms with Gasteiger partial charge in [-0.25, -0.2) is 0 Å². The average Bonchev–Trinajstić information content (AvgIpc) is 2.39. The van der Waals surface area contributed by atoms with Gasteiger partial charge in [0.2, 0.25) is 6.41 Å². The van der Waals surface area contributed by atoms with Gasteiger partial charge in [-0.3, -0.25) is 4.79 Å². The average molecular weight is 218 g/mol. The zero-order valence-corrected chi connectivity index (χ0v) is 9.72. The third-order valence-corrected chi connectivity index (χ3v) is 3.12. The number of hydrogen-bond donors (Lipinski definition) is 0. The molecule has 0 bridgehead atoms. The number of hydrogen-bond acceptors (Lipinski definition) is 2. The summed E-state index contributed by atoms with van der Waals surface area (Å²) >= 11 is 0. The van der Waals surface area contributed by atoms with E-state index in [1.807, 2.05) is 18.2 Å². The maximum absolute atomic E-state index is 10.8. The van der Waals surface area contributed by atoms with Gasteiger partial charge in [0.1, 0.15) is 0 Å². The lowest BCUT2D eigenvalue weighted by Gasteiger charge is -2.31. The monoisotopic (exact) mass is 218 g/mol. The minimum Gasteiger partial charge on any atom is -0.370 e. The molecule has 0 saturated carbocycles. The SMILES string of the molecule is CN(C=O)c1ccccc1N1CCCCC1. The number of benzene rings is 1. The van der Waals surface area contributed by atoms with Crippen LogP contribution in [-0.2, 0) is 4.79 Å². The highest BCUT2D eigenvalue weighted by Crippen LogP contribution is 2.29. The first kappa shape index (κ1) is 11.0. The normalized spacial score (nSPS) is 15.9. The molecule has 0 aliphatic carbocycles. The number of carbonyl (C=O) groups excluding carboxylic acids is 1. The summed E-state index contributed by atoms with van der Waals surface area (Å²) in [5.41, 5.74) is 2.18. The highest BCUT2D eigenvalue weighted by Gasteiger charge is 2.15. The van der Waals surface area contributed by atoms with E-state index in [9.17, 15) is 4.79 Å². The van der Waals surface area contributed by atoms with Gasteiger partial charge < -0.3 is 9.80 Å². The van der Waals surface area contributed by atoms with Crippen molar-refractivity contribution in [2.45, 2.75) is 19.3 Å². The van der Waals surface area contributed by atoms with Gasteiger partial charge in [-0.15, -0.1) is 0 Å². The van der Waals surface area contributed by atoms with Gasteiger partial charge in [-0.05, 0) is 31.4 Å². The largest absolute Gasteiger partial charge is 0.370 e. The molecule has 1 saturated heterocycles. The second-order valence-electron chi connectivity index (χ2n) is 4.25. The van der Waals surface area contributed by atoms with Crippen LogP contribution in [0, 0.1) is 0 Å². The number of anilines is 2. The van der Waals surface area contributed by atoms with Crippen molar-refractivity contribution in [2.75, 3.05) is 29.9 Å². The summed E-state index contributed by atoms with van der Waals surface area (Å²) in [6.07, 6.45) is 4.68. The fourth-order valence-corrected chi connectivity index (χ4v) is 2.22. The summed E-state index contributed by atoms with van der Waals surface area (Å²) in [4.78, 5) is 14.9. The Balaban J connectivity index is 2.27. The first-order valence-electron chi connectivity index (χ1n) is 5.85. The van der Waals surface area contributed by atoms with E-state index >= 15 is 0 Å². The Labute approximate surface area is 96.7 Å². The van der Waals surface area contributed by atoms with E-state index in [1.54, 1.807) is 11.9 Å². The lowest BCUT2D eigenvalue weighted by molar-refractivity contribution is -0.107. The van der Waals surface area contributed by atoms with Crippen LogP contribution >= 0.6 is 0 Å². The lowest BCUT2D eigenvalue weighted by Crippen LogP contribution is -2.31. The molecule has 3 heteroatoms. The van der Waals surface area contributed by atoms with E-state index in [1.165, 1.54) is 24.9 Å². The van der Waals surface area contributed by atoms with Crippen LogP contribution in [0.1, 0.15) is 19.3 Å². The predicted molar refractivity (Wildman–Crippen MR) is 67.0 cm³/mol. The van der Waals surface area contributed by atoms with Gasteiger partial charge in [-0.1, -0.05) is 12.1 Å². The van der Waals surface area contributed by atoms with Gasteiger partial charge in [0.05, 0.1) is 11.4 Å². The van der Waals surface area contributed by atoms with Crippen molar-refractivity contribution in [2.24, 2.45) is 0 Å². The molecule has 1 aliphatic heterocycles. The standard InChI is InChI=1S/C13H18N2O/c1-14(11-16)12-7-3-4-8-13(12)15-9-5-2-6-10-15/h3-4,7-8,11H,2,5-6,9-10H2,1H3. The van der Waals surface area contributed by atoms with Crippen LogP contribution in [0.5, 0.6) is 0 Å². The third kappa shape index (κ3) is 2.18. The van der Waals surface area contributed by atoms with Crippen LogP contribution in [0.2, 0.25) is 0 Å². The molecule has 3 nitrogen and oxygen atoms in total. The van der Waals surface area contributed by atoms with E-state index in [0.717, 1.165) is 25.2 Å². The summed E-state index contributed by atoms with van der Waals surface area (Å²) in [6.45, 7) is 2.20. The van der Waals surface area contributed by atoms with Crippen molar-refractivity contribution < 1.29 is 4.79 Å². The fourth-order valence-electron chi connectivity index (χ4n) is 2.22. The molecule has 0 N–H and O–H groups in total. The molecule has 86 valence electrons. The van der Waals surface area contributed by atoms with Crippen LogP contribution in [0.4, 0.5) is 11.4 Å². The highest BCUT2D eigenvalue weighted by atomic mass is 16.1. The maximum Gasteiger partial charge on any atom is 0.213 e. The number of rotatable bonds is 3. The van der Waals surface area contributed by atoms with Crippen molar-refractivity contribution in [1.82, 2.24) is 0 Å². The summed E-state index contributed by atoms with van der Waals surface area (Å²) in [5.74, 6) is 0. The summed E-state index contributed by atoms with van der Waals surface area (Å²) < 4.78 is 0. The van der Waals surface area contributed by atoms with E-state index in [2.05, 4.69) is 11.0 Å². The molecular weight excluding hydrogens is 200 g/mol. The third-order valence-electron chi connectivity index (χ3n) is 3.12. The molecule has 1 fully saturated rings. The molecular formula is C13H18N2O. The molecule has 2 rings (SSSR count). The topological polar surface area (TPSA) is 23.6 Å². The van der Waals surface area contributed by atoms with Gasteiger partial charge in [-0.2, -0.15) is 0 Å². The first-order chi connectivity index (χ1) is 7.83. The molecule has 1 aliphatic rings. The van der Waals surface area contributed by atoms with Crippen molar-refractivity contribution in [3.63, 3.8) is 0 Å². The van der Waals surface area contributed by atoms with Crippen LogP contribution in [0.25, 0.3) is 0 Å². The van der Waals surface area contributed by atoms with E-state index in [0.29, 0.717) is 0 Å². The first-order valence-corrected chi connectivity index (χ1v) is 5.85. The smallest absolute Gasteiger partial charge is 0.213 e. The quantitative estimate of drug-likeness (QED) is 0.727. The zero-order chi connectivity index (χ0) is 11.4. The van der Waals surface area contributed by atoms with Crippen molar-refractivity contribution in [3.8, 4) is 0 Å². The minimum atomic E-state index is 0.864. The van der Waals surface area contributed by atoms with E-state index in [-0.39, 0.29) is 0 Å². The zero-order valence-electron chi connectivity index (χ0n) is 9.72. The summed E-state index contributed by atoms with van der Waals surface area (Å²) in [6, 6.07) is 8.11. The number of carbonyl (C=O) groups is 1. The Bertz CT molecular complexity index is 359. The van der Waals surface area contributed by atoms with Gasteiger partial charge in [0.15, 0.2) is 0 Å². The van der Waals surface area contributed by atoms with Crippen LogP contribution in [-0.4, -0.2) is 26.5 Å². The number of piperidine rings is 1. The van der Waals surface area contributed by atoms with Crippen LogP contribution in [0.3, 0.4) is 0 Å². The Morgan fingerprint density at radius 2 is 1.88 bits per heavy atom. The number of amides is 1.